The fourth-order valence-corrected chi connectivity index (χ4v) is 2.58. The number of amides is 2. The van der Waals surface area contributed by atoms with Gasteiger partial charge in [0.15, 0.2) is 0 Å². The minimum Gasteiger partial charge on any atom is -0.493 e. The lowest BCUT2D eigenvalue weighted by Crippen LogP contribution is -2.49. The molecule has 3 rings (SSSR count). The maximum Gasteiger partial charge on any atom is 0.318 e. The number of urea groups is 1. The van der Waals surface area contributed by atoms with Crippen molar-refractivity contribution in [1.82, 2.24) is 15.1 Å². The van der Waals surface area contributed by atoms with Crippen molar-refractivity contribution in [1.29, 1.82) is 0 Å². The first kappa shape index (κ1) is 8.74. The Balaban J connectivity index is 2.05. The molecule has 0 aromatic heterocycles. The third-order valence-electron chi connectivity index (χ3n) is 4.13. The topological polar surface area (TPSA) is 44.8 Å². The molecule has 168 valence electrons. The Morgan fingerprint density at radius 3 is 2.65 bits per heavy atom. The van der Waals surface area contributed by atoms with Gasteiger partial charge >= 0.3 is 6.03 Å². The summed E-state index contributed by atoms with van der Waals surface area (Å²) in [6.45, 7) is -20.1. The molecule has 6 heteroatoms. The first-order valence-electron chi connectivity index (χ1n) is 18.7. The molecule has 1 N–H and O–H groups in total. The smallest absolute Gasteiger partial charge is 0.318 e. The molecule has 2 aromatic carbocycles. The number of ether oxygens (including phenoxy) is 1. The number of carbonyl (C=O) groups excluding carboxylic acids is 1. The molecular weight excluding hydrogens is 393 g/mol. The molecule has 0 saturated carbocycles. The summed E-state index contributed by atoms with van der Waals surface area (Å²) in [6.07, 6.45) is -1.17. The van der Waals surface area contributed by atoms with E-state index in [9.17, 15) is 9.18 Å². The minimum absolute atomic E-state index is 0.270. The highest BCUT2D eigenvalue weighted by Gasteiger charge is 2.27. The van der Waals surface area contributed by atoms with E-state index in [1.54, 1.807) is 0 Å². The molecule has 0 bridgehead atoms. The van der Waals surface area contributed by atoms with E-state index in [-0.39, 0.29) is 5.56 Å². The summed E-state index contributed by atoms with van der Waals surface area (Å²) in [7, 11) is 1.17. The molecule has 31 heavy (non-hydrogen) atoms. The van der Waals surface area contributed by atoms with Crippen molar-refractivity contribution >= 4 is 6.03 Å². The van der Waals surface area contributed by atoms with Gasteiger partial charge in [-0.1, -0.05) is 37.9 Å². The predicted molar refractivity (Wildman–Crippen MR) is 121 cm³/mol. The second-order valence-corrected chi connectivity index (χ2v) is 6.47. The van der Waals surface area contributed by atoms with Crippen LogP contribution in [0.2, 0.25) is 0 Å². The van der Waals surface area contributed by atoms with Crippen LogP contribution in [0.3, 0.4) is 0 Å². The zero-order valence-electron chi connectivity index (χ0n) is 35.6. The fourth-order valence-electron chi connectivity index (χ4n) is 2.58. The monoisotopic (exact) mass is 446 g/mol. The second kappa shape index (κ2) is 11.1. The van der Waals surface area contributed by atoms with E-state index in [1.807, 2.05) is 0 Å². The number of likely N-dealkylation sites (tertiary alicyclic amines) is 1. The molecule has 0 spiro atoms. The molecule has 2 aromatic rings. The van der Waals surface area contributed by atoms with Crippen LogP contribution >= 0.6 is 0 Å². The summed E-state index contributed by atoms with van der Waals surface area (Å²) in [4.78, 5) is 15.1. The Labute approximate surface area is 211 Å². The van der Waals surface area contributed by atoms with Crippen molar-refractivity contribution in [2.24, 2.45) is 5.89 Å². The van der Waals surface area contributed by atoms with Gasteiger partial charge < -0.3 is 19.9 Å². The number of hydrogen-bond acceptors (Lipinski definition) is 3. The molecule has 0 atom stereocenters. The van der Waals surface area contributed by atoms with Gasteiger partial charge in [0.05, 0.1) is 17.5 Å². The van der Waals surface area contributed by atoms with E-state index in [2.05, 4.69) is 5.32 Å². The normalized spacial score (nSPS) is 29.4. The molecule has 1 fully saturated rings. The van der Waals surface area contributed by atoms with E-state index in [0.717, 1.165) is 29.2 Å². The van der Waals surface area contributed by atoms with E-state index in [4.69, 9.17) is 30.8 Å². The summed E-state index contributed by atoms with van der Waals surface area (Å²) in [5.74, 6) is -5.94. The summed E-state index contributed by atoms with van der Waals surface area (Å²) in [5.41, 5.74) is -0.852. The molecule has 0 unspecified atom stereocenters. The molecule has 1 saturated heterocycles. The first-order valence-corrected chi connectivity index (χ1v) is 9.20. The van der Waals surface area contributed by atoms with Crippen LogP contribution in [-0.2, 0) is 13.0 Å². The largest absolute Gasteiger partial charge is 0.493 e. The maximum absolute atomic E-state index is 13.8. The number of hydrogen-bond donors (Lipinski definition) is 1. The molecule has 5 nitrogen and oxygen atoms in total. The second-order valence-electron chi connectivity index (χ2n) is 6.47. The highest BCUT2D eigenvalue weighted by molar-refractivity contribution is 5.74. The van der Waals surface area contributed by atoms with Crippen molar-refractivity contribution in [3.8, 4) is 5.75 Å². The van der Waals surface area contributed by atoms with Crippen LogP contribution < -0.4 is 10.1 Å². The summed E-state index contributed by atoms with van der Waals surface area (Å²) in [5, 5.41) is 2.23. The van der Waals surface area contributed by atoms with E-state index < -0.39 is 118 Å². The van der Waals surface area contributed by atoms with Gasteiger partial charge in [-0.05, 0) is 74.1 Å². The third kappa shape index (κ3) is 7.24. The summed E-state index contributed by atoms with van der Waals surface area (Å²) in [6, 6.07) is -3.16. The van der Waals surface area contributed by atoms with Crippen molar-refractivity contribution in [2.45, 2.75) is 45.6 Å². The molecule has 1 aliphatic rings. The number of benzene rings is 2. The van der Waals surface area contributed by atoms with Gasteiger partial charge in [0.25, 0.3) is 0 Å². The highest BCUT2D eigenvalue weighted by atomic mass is 19.1. The average Bonchev–Trinajstić information content (AvgIpc) is 2.95. The van der Waals surface area contributed by atoms with E-state index >= 15 is 0 Å². The lowest BCUT2D eigenvalue weighted by molar-refractivity contribution is 0.127. The number of rotatable bonds is 8. The molecule has 2 amide bonds. The predicted octanol–water partition coefficient (Wildman–Crippen LogP) is 4.67. The highest BCUT2D eigenvalue weighted by Crippen LogP contribution is 2.19. The average molecular weight is 447 g/mol. The maximum atomic E-state index is 13.8. The molecule has 0 aliphatic carbocycles. The molecule has 1 heterocycles. The lowest BCUT2D eigenvalue weighted by Gasteiger charge is -2.37. The molecular formula is C25H34FN3O2. The number of piperidine rings is 1. The van der Waals surface area contributed by atoms with Crippen LogP contribution in [0.25, 0.3) is 0 Å². The van der Waals surface area contributed by atoms with Crippen LogP contribution in [0, 0.1) is 11.7 Å². The number of halogens is 1. The quantitative estimate of drug-likeness (QED) is 0.641. The summed E-state index contributed by atoms with van der Waals surface area (Å²) < 4.78 is 172. The van der Waals surface area contributed by atoms with Crippen molar-refractivity contribution < 1.29 is 40.0 Å². The van der Waals surface area contributed by atoms with Crippen molar-refractivity contribution in [2.75, 3.05) is 26.6 Å². The Kier molecular flexibility index (Phi) is 3.14. The molecule has 1 aliphatic heterocycles. The SMILES string of the molecule is [2H]c1c([2H])c(OC([2H])([2H])C([2H])(C([2H])([2H])[2H])C([2H])([2H])[2H])c([2H])c([2H])c1CNC(=O)N(C1CC([2H])([2H])N(C)C([2H])([2H])C1)C([2H])([2H])c1ccc(F)cc1. The van der Waals surface area contributed by atoms with Crippen LogP contribution in [0.15, 0.2) is 48.4 Å². The summed E-state index contributed by atoms with van der Waals surface area (Å²) >= 11 is 0. The van der Waals surface area contributed by atoms with Crippen molar-refractivity contribution in [3.63, 3.8) is 0 Å². The zero-order valence-corrected chi connectivity index (χ0v) is 16.6. The van der Waals surface area contributed by atoms with Gasteiger partial charge in [-0.2, -0.15) is 0 Å². The Bertz CT molecular complexity index is 1540. The Hall–Kier alpha value is -2.60. The first-order chi connectivity index (χ1) is 22.3. The van der Waals surface area contributed by atoms with Gasteiger partial charge in [0.2, 0.25) is 0 Å². The van der Waals surface area contributed by atoms with E-state index in [1.165, 1.54) is 7.05 Å². The minimum atomic E-state index is -3.96. The number of nitrogens with zero attached hydrogens (tertiary/aromatic N) is 2. The molecule has 0 radical (unpaired) electrons. The van der Waals surface area contributed by atoms with Gasteiger partial charge in [0.1, 0.15) is 11.6 Å². The zero-order chi connectivity index (χ0) is 38.8. The van der Waals surface area contributed by atoms with Gasteiger partial charge in [0, 0.05) is 34.2 Å². The third-order valence-corrected chi connectivity index (χ3v) is 4.13. The van der Waals surface area contributed by atoms with Crippen molar-refractivity contribution in [3.05, 3.63) is 65.4 Å². The number of carbonyl (C=O) groups is 1. The lowest BCUT2D eigenvalue weighted by atomic mass is 10.0. The van der Waals surface area contributed by atoms with Gasteiger partial charge in [-0.15, -0.1) is 0 Å². The van der Waals surface area contributed by atoms with Crippen LogP contribution in [0.4, 0.5) is 9.18 Å². The fraction of sp³-hybridized carbons (Fsp3) is 0.480. The van der Waals surface area contributed by atoms with E-state index in [0.29, 0.717) is 4.90 Å². The van der Waals surface area contributed by atoms with Gasteiger partial charge in [-0.25, -0.2) is 9.18 Å². The van der Waals surface area contributed by atoms with Gasteiger partial charge in [-0.3, -0.25) is 0 Å². The van der Waals surface area contributed by atoms with Crippen LogP contribution in [-0.4, -0.2) is 48.5 Å². The Morgan fingerprint density at radius 1 is 1.32 bits per heavy atom. The standard InChI is InChI=1S/C25H34FN3O2/c1-19(2)18-31-24-10-6-20(7-11-24)16-27-25(30)29(23-12-14-28(3)15-13-23)17-21-4-8-22(26)9-5-21/h4-11,19,23H,12-18H2,1-3H3,(H,27,30)/i1D3,2D3,6D,7D,10D,11D,14D2,15D2,17D2,18D2,19D. The van der Waals surface area contributed by atoms with Crippen LogP contribution in [0.1, 0.15) is 63.7 Å². The number of nitrogens with one attached hydrogen (secondary N) is 1. The van der Waals surface area contributed by atoms with Crippen LogP contribution in [0.5, 0.6) is 5.75 Å². The Morgan fingerprint density at radius 2 is 2.00 bits per heavy atom.